The minimum Gasteiger partial charge on any atom is -0.479 e. The summed E-state index contributed by atoms with van der Waals surface area (Å²) in [6, 6.07) is 7.96. The molecule has 2 unspecified atom stereocenters. The summed E-state index contributed by atoms with van der Waals surface area (Å²) in [6.07, 6.45) is 2.31. The molecule has 1 aromatic carbocycles. The Bertz CT molecular complexity index is 487. The van der Waals surface area contributed by atoms with Crippen LogP contribution in [0, 0.1) is 0 Å². The summed E-state index contributed by atoms with van der Waals surface area (Å²) in [5, 5.41) is 14.6. The van der Waals surface area contributed by atoms with Crippen molar-refractivity contribution in [2.75, 3.05) is 0 Å². The van der Waals surface area contributed by atoms with Gasteiger partial charge in [-0.05, 0) is 25.8 Å². The Morgan fingerprint density at radius 3 is 2.50 bits per heavy atom. The molecule has 0 aromatic heterocycles. The van der Waals surface area contributed by atoms with Gasteiger partial charge in [0.2, 0.25) is 0 Å². The molecule has 5 nitrogen and oxygen atoms in total. The lowest BCUT2D eigenvalue weighted by molar-refractivity contribution is -0.144. The van der Waals surface area contributed by atoms with Crippen LogP contribution in [0.1, 0.15) is 25.8 Å². The summed E-state index contributed by atoms with van der Waals surface area (Å²) in [6.45, 7) is 6.87. The number of urea groups is 1. The Labute approximate surface area is 118 Å². The molecule has 2 amide bonds. The van der Waals surface area contributed by atoms with E-state index in [1.807, 2.05) is 6.92 Å². The largest absolute Gasteiger partial charge is 0.479 e. The SMILES string of the molecule is C=CCC(C)NC(=O)NC(C)(C(=O)O)c1ccccc1. The molecule has 1 rings (SSSR count). The van der Waals surface area contributed by atoms with Gasteiger partial charge in [-0.25, -0.2) is 9.59 Å². The quantitative estimate of drug-likeness (QED) is 0.697. The summed E-state index contributed by atoms with van der Waals surface area (Å²) in [5.74, 6) is -1.12. The molecular formula is C15H20N2O3. The van der Waals surface area contributed by atoms with Gasteiger partial charge in [0.25, 0.3) is 0 Å². The average Bonchev–Trinajstić information content (AvgIpc) is 2.39. The van der Waals surface area contributed by atoms with Crippen molar-refractivity contribution in [3.8, 4) is 0 Å². The first kappa shape index (κ1) is 15.8. The number of carbonyl (C=O) groups is 2. The summed E-state index contributed by atoms with van der Waals surface area (Å²) >= 11 is 0. The number of carboxylic acid groups (broad SMARTS) is 1. The van der Waals surface area contributed by atoms with Gasteiger partial charge < -0.3 is 15.7 Å². The molecule has 0 spiro atoms. The van der Waals surface area contributed by atoms with Crippen molar-refractivity contribution >= 4 is 12.0 Å². The molecular weight excluding hydrogens is 256 g/mol. The molecule has 20 heavy (non-hydrogen) atoms. The Hall–Kier alpha value is -2.30. The van der Waals surface area contributed by atoms with Crippen LogP contribution >= 0.6 is 0 Å². The van der Waals surface area contributed by atoms with Crippen LogP contribution < -0.4 is 10.6 Å². The maximum atomic E-state index is 11.9. The highest BCUT2D eigenvalue weighted by atomic mass is 16.4. The molecule has 0 saturated heterocycles. The first-order valence-electron chi connectivity index (χ1n) is 6.38. The van der Waals surface area contributed by atoms with Crippen molar-refractivity contribution in [1.29, 1.82) is 0 Å². The summed E-state index contributed by atoms with van der Waals surface area (Å²) < 4.78 is 0. The van der Waals surface area contributed by atoms with Crippen LogP contribution in [0.4, 0.5) is 4.79 Å². The van der Waals surface area contributed by atoms with Crippen LogP contribution in [0.25, 0.3) is 0 Å². The maximum absolute atomic E-state index is 11.9. The minimum atomic E-state index is -1.47. The summed E-state index contributed by atoms with van der Waals surface area (Å²) in [4.78, 5) is 23.4. The second-order valence-corrected chi connectivity index (χ2v) is 4.82. The van der Waals surface area contributed by atoms with Crippen LogP contribution in [-0.4, -0.2) is 23.1 Å². The lowest BCUT2D eigenvalue weighted by atomic mass is 9.92. The van der Waals surface area contributed by atoms with E-state index >= 15 is 0 Å². The highest BCUT2D eigenvalue weighted by Crippen LogP contribution is 2.20. The molecule has 0 saturated carbocycles. The Morgan fingerprint density at radius 1 is 1.40 bits per heavy atom. The molecule has 0 heterocycles. The fourth-order valence-electron chi connectivity index (χ4n) is 1.82. The van der Waals surface area contributed by atoms with E-state index in [1.54, 1.807) is 36.4 Å². The lowest BCUT2D eigenvalue weighted by Crippen LogP contribution is -2.54. The number of rotatable bonds is 6. The fourth-order valence-corrected chi connectivity index (χ4v) is 1.82. The number of hydrogen-bond acceptors (Lipinski definition) is 2. The zero-order chi connectivity index (χ0) is 15.2. The van der Waals surface area contributed by atoms with Crippen molar-refractivity contribution in [2.24, 2.45) is 0 Å². The van der Waals surface area contributed by atoms with E-state index in [2.05, 4.69) is 17.2 Å². The van der Waals surface area contributed by atoms with Gasteiger partial charge in [0, 0.05) is 6.04 Å². The van der Waals surface area contributed by atoms with Crippen LogP contribution in [0.2, 0.25) is 0 Å². The van der Waals surface area contributed by atoms with Crippen molar-refractivity contribution in [3.63, 3.8) is 0 Å². The summed E-state index contributed by atoms with van der Waals surface area (Å²) in [7, 11) is 0. The number of carboxylic acids is 1. The Kier molecular flexibility index (Phi) is 5.32. The third kappa shape index (κ3) is 3.85. The van der Waals surface area contributed by atoms with Crippen molar-refractivity contribution < 1.29 is 14.7 Å². The van der Waals surface area contributed by atoms with E-state index in [0.29, 0.717) is 12.0 Å². The first-order chi connectivity index (χ1) is 9.40. The van der Waals surface area contributed by atoms with Gasteiger partial charge in [0.15, 0.2) is 5.54 Å². The molecule has 0 bridgehead atoms. The van der Waals surface area contributed by atoms with Crippen molar-refractivity contribution in [1.82, 2.24) is 10.6 Å². The summed E-state index contributed by atoms with van der Waals surface area (Å²) in [5.41, 5.74) is -0.960. The second kappa shape index (κ2) is 6.75. The molecule has 5 heteroatoms. The van der Waals surface area contributed by atoms with Crippen LogP contribution in [0.5, 0.6) is 0 Å². The van der Waals surface area contributed by atoms with E-state index < -0.39 is 17.5 Å². The van der Waals surface area contributed by atoms with Crippen LogP contribution in [0.3, 0.4) is 0 Å². The molecule has 2 atom stereocenters. The molecule has 0 aliphatic carbocycles. The predicted molar refractivity (Wildman–Crippen MR) is 77.4 cm³/mol. The molecule has 108 valence electrons. The van der Waals surface area contributed by atoms with Gasteiger partial charge in [-0.3, -0.25) is 0 Å². The molecule has 0 radical (unpaired) electrons. The smallest absolute Gasteiger partial charge is 0.333 e. The third-order valence-electron chi connectivity index (χ3n) is 3.04. The number of nitrogens with one attached hydrogen (secondary N) is 2. The minimum absolute atomic E-state index is 0.110. The molecule has 1 aromatic rings. The van der Waals surface area contributed by atoms with Gasteiger partial charge in [-0.2, -0.15) is 0 Å². The monoisotopic (exact) mass is 276 g/mol. The molecule has 0 aliphatic rings. The number of carbonyl (C=O) groups excluding carboxylic acids is 1. The van der Waals surface area contributed by atoms with E-state index in [9.17, 15) is 14.7 Å². The van der Waals surface area contributed by atoms with Gasteiger partial charge in [-0.1, -0.05) is 36.4 Å². The Balaban J connectivity index is 2.85. The molecule has 3 N–H and O–H groups in total. The average molecular weight is 276 g/mol. The van der Waals surface area contributed by atoms with Gasteiger partial charge >= 0.3 is 12.0 Å². The number of aliphatic carboxylic acids is 1. The molecule has 0 aliphatic heterocycles. The Morgan fingerprint density at radius 2 is 2.00 bits per heavy atom. The first-order valence-corrected chi connectivity index (χ1v) is 6.38. The van der Waals surface area contributed by atoms with Crippen LogP contribution in [-0.2, 0) is 10.3 Å². The zero-order valence-corrected chi connectivity index (χ0v) is 11.7. The number of hydrogen-bond donors (Lipinski definition) is 3. The van der Waals surface area contributed by atoms with Crippen molar-refractivity contribution in [3.05, 3.63) is 48.6 Å². The van der Waals surface area contributed by atoms with E-state index in [-0.39, 0.29) is 6.04 Å². The third-order valence-corrected chi connectivity index (χ3v) is 3.04. The van der Waals surface area contributed by atoms with Crippen molar-refractivity contribution in [2.45, 2.75) is 31.8 Å². The van der Waals surface area contributed by atoms with E-state index in [4.69, 9.17) is 0 Å². The second-order valence-electron chi connectivity index (χ2n) is 4.82. The van der Waals surface area contributed by atoms with E-state index in [1.165, 1.54) is 6.92 Å². The molecule has 0 fully saturated rings. The number of amides is 2. The highest BCUT2D eigenvalue weighted by molar-refractivity contribution is 5.87. The fraction of sp³-hybridized carbons (Fsp3) is 0.333. The van der Waals surface area contributed by atoms with Gasteiger partial charge in [0.1, 0.15) is 0 Å². The number of benzene rings is 1. The standard InChI is InChI=1S/C15H20N2O3/c1-4-8-11(2)16-14(20)17-15(3,13(18)19)12-9-6-5-7-10-12/h4-7,9-11H,1,8H2,2-3H3,(H,18,19)(H2,16,17,20). The normalized spacial score (nSPS) is 14.7. The van der Waals surface area contributed by atoms with Gasteiger partial charge in [0.05, 0.1) is 0 Å². The lowest BCUT2D eigenvalue weighted by Gasteiger charge is -2.27. The topological polar surface area (TPSA) is 78.4 Å². The zero-order valence-electron chi connectivity index (χ0n) is 11.7. The highest BCUT2D eigenvalue weighted by Gasteiger charge is 2.36. The van der Waals surface area contributed by atoms with Gasteiger partial charge in [-0.15, -0.1) is 6.58 Å². The van der Waals surface area contributed by atoms with E-state index in [0.717, 1.165) is 0 Å². The maximum Gasteiger partial charge on any atom is 0.333 e. The predicted octanol–water partition coefficient (Wildman–Crippen LogP) is 2.25. The van der Waals surface area contributed by atoms with Crippen LogP contribution in [0.15, 0.2) is 43.0 Å².